The van der Waals surface area contributed by atoms with Crippen LogP contribution in [0.1, 0.15) is 25.7 Å². The Morgan fingerprint density at radius 3 is 2.50 bits per heavy atom. The van der Waals surface area contributed by atoms with Crippen LogP contribution in [0.5, 0.6) is 5.75 Å². The van der Waals surface area contributed by atoms with E-state index in [9.17, 15) is 0 Å². The number of likely N-dealkylation sites (tertiary alicyclic amines) is 1. The number of rotatable bonds is 5. The molecule has 0 saturated carbocycles. The van der Waals surface area contributed by atoms with Gasteiger partial charge < -0.3 is 9.64 Å². The average molecular weight is 244 g/mol. The Labute approximate surface area is 109 Å². The van der Waals surface area contributed by atoms with E-state index in [1.165, 1.54) is 32.4 Å². The molecule has 1 aromatic rings. The molecular weight excluding hydrogens is 224 g/mol. The summed E-state index contributed by atoms with van der Waals surface area (Å²) in [7, 11) is 0. The van der Waals surface area contributed by atoms with Crippen molar-refractivity contribution in [3.8, 4) is 5.75 Å². The van der Waals surface area contributed by atoms with E-state index < -0.39 is 0 Å². The van der Waals surface area contributed by atoms with Crippen molar-refractivity contribution >= 4 is 5.69 Å². The van der Waals surface area contributed by atoms with Gasteiger partial charge in [-0.25, -0.2) is 4.85 Å². The van der Waals surface area contributed by atoms with Gasteiger partial charge in [-0.3, -0.25) is 0 Å². The van der Waals surface area contributed by atoms with Crippen LogP contribution in [-0.2, 0) is 0 Å². The summed E-state index contributed by atoms with van der Waals surface area (Å²) in [6, 6.07) is 7.34. The van der Waals surface area contributed by atoms with Gasteiger partial charge in [0.2, 0.25) is 0 Å². The van der Waals surface area contributed by atoms with Crippen molar-refractivity contribution in [2.24, 2.45) is 0 Å². The van der Waals surface area contributed by atoms with E-state index in [0.29, 0.717) is 5.69 Å². The smallest absolute Gasteiger partial charge is 0.187 e. The Bertz CT molecular complexity index is 388. The van der Waals surface area contributed by atoms with Crippen LogP contribution in [0.3, 0.4) is 0 Å². The van der Waals surface area contributed by atoms with E-state index in [1.807, 2.05) is 12.1 Å². The van der Waals surface area contributed by atoms with Crippen LogP contribution >= 0.6 is 0 Å². The number of hydrogen-bond acceptors (Lipinski definition) is 2. The maximum atomic E-state index is 6.87. The summed E-state index contributed by atoms with van der Waals surface area (Å²) in [6.45, 7) is 11.3. The first-order valence-electron chi connectivity index (χ1n) is 6.71. The lowest BCUT2D eigenvalue weighted by Crippen LogP contribution is -2.31. The number of piperidine rings is 1. The van der Waals surface area contributed by atoms with Crippen molar-refractivity contribution in [1.82, 2.24) is 4.90 Å². The summed E-state index contributed by atoms with van der Waals surface area (Å²) in [6.07, 6.45) is 5.16. The van der Waals surface area contributed by atoms with E-state index in [-0.39, 0.29) is 0 Å². The van der Waals surface area contributed by atoms with Crippen LogP contribution in [0.2, 0.25) is 0 Å². The Kier molecular flexibility index (Phi) is 5.04. The molecule has 0 radical (unpaired) electrons. The van der Waals surface area contributed by atoms with Gasteiger partial charge in [0.1, 0.15) is 5.75 Å². The van der Waals surface area contributed by atoms with Crippen molar-refractivity contribution < 1.29 is 4.74 Å². The van der Waals surface area contributed by atoms with E-state index in [2.05, 4.69) is 9.74 Å². The second-order valence-electron chi connectivity index (χ2n) is 4.71. The molecule has 1 fully saturated rings. The first-order valence-corrected chi connectivity index (χ1v) is 6.71. The molecule has 3 heteroatoms. The summed E-state index contributed by atoms with van der Waals surface area (Å²) >= 11 is 0. The van der Waals surface area contributed by atoms with Crippen molar-refractivity contribution in [2.75, 3.05) is 26.2 Å². The third-order valence-electron chi connectivity index (χ3n) is 3.30. The zero-order valence-electron chi connectivity index (χ0n) is 10.8. The van der Waals surface area contributed by atoms with E-state index in [0.717, 1.165) is 25.3 Å². The molecule has 1 aliphatic heterocycles. The fourth-order valence-electron chi connectivity index (χ4n) is 2.28. The minimum Gasteiger partial charge on any atom is -0.494 e. The molecule has 1 aliphatic rings. The number of nitrogens with zero attached hydrogens (tertiary/aromatic N) is 2. The monoisotopic (exact) mass is 244 g/mol. The van der Waals surface area contributed by atoms with Crippen LogP contribution in [0, 0.1) is 6.57 Å². The number of ether oxygens (including phenoxy) is 1. The van der Waals surface area contributed by atoms with Crippen LogP contribution in [0.4, 0.5) is 5.69 Å². The maximum absolute atomic E-state index is 6.87. The van der Waals surface area contributed by atoms with Gasteiger partial charge in [-0.15, -0.1) is 0 Å². The molecule has 0 atom stereocenters. The molecule has 1 heterocycles. The summed E-state index contributed by atoms with van der Waals surface area (Å²) in [5.74, 6) is 0.862. The largest absolute Gasteiger partial charge is 0.494 e. The SMILES string of the molecule is [C-]#[N+]c1ccc(OCCCN2CCCCC2)cc1. The molecule has 0 unspecified atom stereocenters. The molecule has 1 aromatic carbocycles. The van der Waals surface area contributed by atoms with Crippen LogP contribution < -0.4 is 4.74 Å². The second kappa shape index (κ2) is 7.03. The number of benzene rings is 1. The van der Waals surface area contributed by atoms with E-state index >= 15 is 0 Å². The van der Waals surface area contributed by atoms with Crippen molar-refractivity contribution in [1.29, 1.82) is 0 Å². The summed E-state index contributed by atoms with van der Waals surface area (Å²) in [5.41, 5.74) is 0.663. The molecule has 0 bridgehead atoms. The molecule has 96 valence electrons. The molecule has 1 saturated heterocycles. The molecular formula is C15H20N2O. The van der Waals surface area contributed by atoms with Crippen LogP contribution in [-0.4, -0.2) is 31.1 Å². The Balaban J connectivity index is 1.63. The first kappa shape index (κ1) is 12.9. The second-order valence-corrected chi connectivity index (χ2v) is 4.71. The zero-order valence-corrected chi connectivity index (χ0v) is 10.8. The minimum atomic E-state index is 0.663. The van der Waals surface area contributed by atoms with E-state index in [1.54, 1.807) is 12.1 Å². The van der Waals surface area contributed by atoms with Gasteiger partial charge in [0, 0.05) is 6.54 Å². The Morgan fingerprint density at radius 2 is 1.83 bits per heavy atom. The fourth-order valence-corrected chi connectivity index (χ4v) is 2.28. The van der Waals surface area contributed by atoms with Gasteiger partial charge in [0.25, 0.3) is 0 Å². The van der Waals surface area contributed by atoms with Crippen LogP contribution in [0.25, 0.3) is 4.85 Å². The molecule has 3 nitrogen and oxygen atoms in total. The highest BCUT2D eigenvalue weighted by Crippen LogP contribution is 2.18. The number of hydrogen-bond donors (Lipinski definition) is 0. The van der Waals surface area contributed by atoms with Gasteiger partial charge in [0.15, 0.2) is 5.69 Å². The minimum absolute atomic E-state index is 0.663. The van der Waals surface area contributed by atoms with Gasteiger partial charge in [-0.05, 0) is 44.5 Å². The summed E-state index contributed by atoms with van der Waals surface area (Å²) in [5, 5.41) is 0. The highest BCUT2D eigenvalue weighted by Gasteiger charge is 2.08. The highest BCUT2D eigenvalue weighted by atomic mass is 16.5. The molecule has 18 heavy (non-hydrogen) atoms. The standard InChI is InChI=1S/C15H20N2O/c1-16-14-6-8-15(9-7-14)18-13-5-12-17-10-3-2-4-11-17/h6-9H,2-5,10-13H2. The summed E-state index contributed by atoms with van der Waals surface area (Å²) in [4.78, 5) is 5.88. The molecule has 0 N–H and O–H groups in total. The van der Waals surface area contributed by atoms with Gasteiger partial charge >= 0.3 is 0 Å². The Morgan fingerprint density at radius 1 is 1.11 bits per heavy atom. The van der Waals surface area contributed by atoms with Crippen LogP contribution in [0.15, 0.2) is 24.3 Å². The lowest BCUT2D eigenvalue weighted by atomic mass is 10.1. The van der Waals surface area contributed by atoms with E-state index in [4.69, 9.17) is 11.3 Å². The third kappa shape index (κ3) is 4.05. The normalized spacial score (nSPS) is 16.2. The highest BCUT2D eigenvalue weighted by molar-refractivity contribution is 5.46. The molecule has 0 aromatic heterocycles. The average Bonchev–Trinajstić information content (AvgIpc) is 2.45. The molecule has 2 rings (SSSR count). The lowest BCUT2D eigenvalue weighted by molar-refractivity contribution is 0.205. The predicted octanol–water partition coefficient (Wildman–Crippen LogP) is 3.49. The zero-order chi connectivity index (χ0) is 12.6. The van der Waals surface area contributed by atoms with Gasteiger partial charge in [-0.1, -0.05) is 18.6 Å². The quantitative estimate of drug-likeness (QED) is 0.582. The summed E-state index contributed by atoms with van der Waals surface area (Å²) < 4.78 is 5.67. The topological polar surface area (TPSA) is 16.8 Å². The first-order chi connectivity index (χ1) is 8.88. The molecule has 0 amide bonds. The molecule has 0 spiro atoms. The van der Waals surface area contributed by atoms with Gasteiger partial charge in [-0.2, -0.15) is 0 Å². The van der Waals surface area contributed by atoms with Crippen molar-refractivity contribution in [3.63, 3.8) is 0 Å². The predicted molar refractivity (Wildman–Crippen MR) is 73.1 cm³/mol. The fraction of sp³-hybridized carbons (Fsp3) is 0.533. The van der Waals surface area contributed by atoms with Crippen molar-refractivity contribution in [2.45, 2.75) is 25.7 Å². The lowest BCUT2D eigenvalue weighted by Gasteiger charge is -2.26. The molecule has 0 aliphatic carbocycles. The van der Waals surface area contributed by atoms with Crippen molar-refractivity contribution in [3.05, 3.63) is 35.7 Å². The third-order valence-corrected chi connectivity index (χ3v) is 3.30. The maximum Gasteiger partial charge on any atom is 0.187 e. The Hall–Kier alpha value is -1.53. The van der Waals surface area contributed by atoms with Gasteiger partial charge in [0.05, 0.1) is 13.2 Å².